The monoisotopic (exact) mass is 345 g/mol. The molecular formula is C13H17BrClN3O. The molecule has 19 heavy (non-hydrogen) atoms. The zero-order chi connectivity index (χ0) is 14.0. The molecule has 0 saturated carbocycles. The van der Waals surface area contributed by atoms with E-state index in [2.05, 4.69) is 37.4 Å². The lowest BCUT2D eigenvalue weighted by molar-refractivity contribution is 0.181. The molecule has 0 amide bonds. The average molecular weight is 347 g/mol. The SMILES string of the molecule is COCCC(C)n1c(C(C)Cl)nc2cc(Br)cnc21. The van der Waals surface area contributed by atoms with Crippen LogP contribution >= 0.6 is 27.5 Å². The molecule has 104 valence electrons. The number of aromatic nitrogens is 3. The highest BCUT2D eigenvalue weighted by Gasteiger charge is 2.20. The molecular weight excluding hydrogens is 330 g/mol. The van der Waals surface area contributed by atoms with Gasteiger partial charge in [-0.2, -0.15) is 0 Å². The van der Waals surface area contributed by atoms with E-state index in [1.165, 1.54) is 0 Å². The van der Waals surface area contributed by atoms with Crippen LogP contribution in [-0.2, 0) is 4.74 Å². The van der Waals surface area contributed by atoms with Crippen molar-refractivity contribution in [1.29, 1.82) is 0 Å². The van der Waals surface area contributed by atoms with Crippen LogP contribution in [0.15, 0.2) is 16.7 Å². The number of methoxy groups -OCH3 is 1. The van der Waals surface area contributed by atoms with Crippen LogP contribution in [0.3, 0.4) is 0 Å². The van der Waals surface area contributed by atoms with Crippen LogP contribution < -0.4 is 0 Å². The van der Waals surface area contributed by atoms with Crippen molar-refractivity contribution in [1.82, 2.24) is 14.5 Å². The molecule has 0 aromatic carbocycles. The lowest BCUT2D eigenvalue weighted by Crippen LogP contribution is -2.12. The smallest absolute Gasteiger partial charge is 0.160 e. The fourth-order valence-electron chi connectivity index (χ4n) is 2.11. The summed E-state index contributed by atoms with van der Waals surface area (Å²) in [5, 5.41) is -0.155. The lowest BCUT2D eigenvalue weighted by atomic mass is 10.2. The van der Waals surface area contributed by atoms with Gasteiger partial charge in [-0.15, -0.1) is 11.6 Å². The molecule has 4 nitrogen and oxygen atoms in total. The maximum absolute atomic E-state index is 6.24. The van der Waals surface area contributed by atoms with Gasteiger partial charge < -0.3 is 9.30 Å². The van der Waals surface area contributed by atoms with E-state index in [9.17, 15) is 0 Å². The molecule has 0 N–H and O–H groups in total. The molecule has 2 aromatic rings. The zero-order valence-electron chi connectivity index (χ0n) is 11.2. The van der Waals surface area contributed by atoms with Crippen molar-refractivity contribution in [2.75, 3.05) is 13.7 Å². The van der Waals surface area contributed by atoms with Crippen molar-refractivity contribution >= 4 is 38.7 Å². The van der Waals surface area contributed by atoms with Gasteiger partial charge in [0.2, 0.25) is 0 Å². The van der Waals surface area contributed by atoms with Crippen molar-refractivity contribution in [2.24, 2.45) is 0 Å². The average Bonchev–Trinajstić information content (AvgIpc) is 2.74. The van der Waals surface area contributed by atoms with Crippen molar-refractivity contribution < 1.29 is 4.74 Å². The van der Waals surface area contributed by atoms with Crippen LogP contribution in [0.1, 0.15) is 37.5 Å². The van der Waals surface area contributed by atoms with Gasteiger partial charge in [0.25, 0.3) is 0 Å². The van der Waals surface area contributed by atoms with Crippen molar-refractivity contribution in [3.8, 4) is 0 Å². The Hall–Kier alpha value is -0.650. The van der Waals surface area contributed by atoms with Gasteiger partial charge in [0, 0.05) is 30.4 Å². The number of imidazole rings is 1. The molecule has 2 atom stereocenters. The Morgan fingerprint density at radius 1 is 1.47 bits per heavy atom. The molecule has 2 aromatic heterocycles. The number of alkyl halides is 1. The van der Waals surface area contributed by atoms with E-state index in [0.29, 0.717) is 6.61 Å². The number of nitrogens with zero attached hydrogens (tertiary/aromatic N) is 3. The normalized spacial score (nSPS) is 14.8. The second-order valence-corrected chi connectivity index (χ2v) is 6.15. The Morgan fingerprint density at radius 2 is 2.21 bits per heavy atom. The van der Waals surface area contributed by atoms with Gasteiger partial charge in [-0.25, -0.2) is 9.97 Å². The van der Waals surface area contributed by atoms with Gasteiger partial charge in [-0.1, -0.05) is 0 Å². The third-order valence-electron chi connectivity index (χ3n) is 3.06. The summed E-state index contributed by atoms with van der Waals surface area (Å²) in [5.41, 5.74) is 1.73. The lowest BCUT2D eigenvalue weighted by Gasteiger charge is -2.17. The fourth-order valence-corrected chi connectivity index (χ4v) is 2.58. The van der Waals surface area contributed by atoms with E-state index in [4.69, 9.17) is 16.3 Å². The number of rotatable bonds is 5. The maximum atomic E-state index is 6.24. The van der Waals surface area contributed by atoms with Crippen molar-refractivity contribution in [2.45, 2.75) is 31.7 Å². The predicted molar refractivity (Wildman–Crippen MR) is 80.7 cm³/mol. The van der Waals surface area contributed by atoms with Crippen LogP contribution in [0.5, 0.6) is 0 Å². The molecule has 0 aliphatic rings. The molecule has 0 spiro atoms. The number of hydrogen-bond acceptors (Lipinski definition) is 3. The number of ether oxygens (including phenoxy) is 1. The summed E-state index contributed by atoms with van der Waals surface area (Å²) in [6, 6.07) is 2.21. The van der Waals surface area contributed by atoms with Crippen LogP contribution in [-0.4, -0.2) is 28.3 Å². The first-order valence-electron chi connectivity index (χ1n) is 6.21. The Kier molecular flexibility index (Phi) is 4.81. The molecule has 6 heteroatoms. The fraction of sp³-hybridized carbons (Fsp3) is 0.538. The van der Waals surface area contributed by atoms with Gasteiger partial charge in [-0.3, -0.25) is 0 Å². The number of halogens is 2. The van der Waals surface area contributed by atoms with E-state index >= 15 is 0 Å². The zero-order valence-corrected chi connectivity index (χ0v) is 13.6. The van der Waals surface area contributed by atoms with Gasteiger partial charge >= 0.3 is 0 Å². The minimum Gasteiger partial charge on any atom is -0.385 e. The minimum atomic E-state index is -0.155. The topological polar surface area (TPSA) is 39.9 Å². The Balaban J connectivity index is 2.51. The third-order valence-corrected chi connectivity index (χ3v) is 3.69. The summed E-state index contributed by atoms with van der Waals surface area (Å²) in [4.78, 5) is 9.07. The molecule has 2 heterocycles. The summed E-state index contributed by atoms with van der Waals surface area (Å²) in [6.07, 6.45) is 2.68. The summed E-state index contributed by atoms with van der Waals surface area (Å²) in [7, 11) is 1.71. The van der Waals surface area contributed by atoms with Crippen LogP contribution in [0.4, 0.5) is 0 Å². The standard InChI is InChI=1S/C13H17BrClN3O/c1-8(4-5-19-3)18-12(9(2)15)17-11-6-10(14)7-16-13(11)18/h6-9H,4-5H2,1-3H3. The Morgan fingerprint density at radius 3 is 2.84 bits per heavy atom. The van der Waals surface area contributed by atoms with E-state index in [0.717, 1.165) is 27.9 Å². The molecule has 0 bridgehead atoms. The quantitative estimate of drug-likeness (QED) is 0.766. The van der Waals surface area contributed by atoms with Gasteiger partial charge in [0.05, 0.1) is 5.38 Å². The molecule has 0 aliphatic heterocycles. The van der Waals surface area contributed by atoms with E-state index in [1.807, 2.05) is 13.0 Å². The first kappa shape index (κ1) is 14.8. The summed E-state index contributed by atoms with van der Waals surface area (Å²) >= 11 is 9.66. The van der Waals surface area contributed by atoms with Gasteiger partial charge in [-0.05, 0) is 42.3 Å². The summed E-state index contributed by atoms with van der Waals surface area (Å²) in [6.45, 7) is 4.76. The molecule has 0 fully saturated rings. The van der Waals surface area contributed by atoms with Crippen LogP contribution in [0.2, 0.25) is 0 Å². The van der Waals surface area contributed by atoms with Gasteiger partial charge in [0.1, 0.15) is 11.3 Å². The molecule has 0 aliphatic carbocycles. The predicted octanol–water partition coefficient (Wildman–Crippen LogP) is 4.09. The number of pyridine rings is 1. The van der Waals surface area contributed by atoms with E-state index < -0.39 is 0 Å². The largest absolute Gasteiger partial charge is 0.385 e. The minimum absolute atomic E-state index is 0.155. The van der Waals surface area contributed by atoms with Crippen molar-refractivity contribution in [3.05, 3.63) is 22.6 Å². The number of hydrogen-bond donors (Lipinski definition) is 0. The van der Waals surface area contributed by atoms with Crippen LogP contribution in [0, 0.1) is 0 Å². The number of fused-ring (bicyclic) bond motifs is 1. The Bertz CT molecular complexity index is 570. The second kappa shape index (κ2) is 6.20. The molecule has 2 unspecified atom stereocenters. The van der Waals surface area contributed by atoms with Crippen LogP contribution in [0.25, 0.3) is 11.2 Å². The first-order valence-corrected chi connectivity index (χ1v) is 7.44. The summed E-state index contributed by atoms with van der Waals surface area (Å²) < 4.78 is 8.18. The first-order chi connectivity index (χ1) is 9.04. The van der Waals surface area contributed by atoms with Crippen molar-refractivity contribution in [3.63, 3.8) is 0 Å². The molecule has 2 rings (SSSR count). The highest BCUT2D eigenvalue weighted by atomic mass is 79.9. The molecule has 0 saturated heterocycles. The Labute approximate surface area is 126 Å². The highest BCUT2D eigenvalue weighted by molar-refractivity contribution is 9.10. The second-order valence-electron chi connectivity index (χ2n) is 4.58. The maximum Gasteiger partial charge on any atom is 0.160 e. The molecule has 0 radical (unpaired) electrons. The highest BCUT2D eigenvalue weighted by Crippen LogP contribution is 2.29. The van der Waals surface area contributed by atoms with E-state index in [-0.39, 0.29) is 11.4 Å². The summed E-state index contributed by atoms with van der Waals surface area (Å²) in [5.74, 6) is 0.853. The van der Waals surface area contributed by atoms with E-state index in [1.54, 1.807) is 13.3 Å². The third kappa shape index (κ3) is 3.09. The van der Waals surface area contributed by atoms with Gasteiger partial charge in [0.15, 0.2) is 5.65 Å².